The van der Waals surface area contributed by atoms with Crippen molar-refractivity contribution < 1.29 is 0 Å². The quantitative estimate of drug-likeness (QED) is 0.809. The number of nitriles is 1. The molecule has 0 aliphatic heterocycles. The molecule has 1 aliphatic carbocycles. The molecule has 1 aliphatic rings. The molecule has 0 amide bonds. The maximum Gasteiger partial charge on any atom is 0.0991 e. The number of hydrogen-bond donors (Lipinski definition) is 0. The first-order chi connectivity index (χ1) is 10.2. The van der Waals surface area contributed by atoms with Crippen LogP contribution in [0.5, 0.6) is 0 Å². The smallest absolute Gasteiger partial charge is 0.0991 e. The Balaban J connectivity index is 1.78. The van der Waals surface area contributed by atoms with Crippen molar-refractivity contribution in [3.05, 3.63) is 59.4 Å². The van der Waals surface area contributed by atoms with Gasteiger partial charge in [-0.15, -0.1) is 0 Å². The van der Waals surface area contributed by atoms with Crippen molar-refractivity contribution in [1.82, 2.24) is 9.78 Å². The Bertz CT molecular complexity index is 761. The van der Waals surface area contributed by atoms with Gasteiger partial charge >= 0.3 is 0 Å². The van der Waals surface area contributed by atoms with Crippen molar-refractivity contribution in [2.24, 2.45) is 12.0 Å². The van der Waals surface area contributed by atoms with Gasteiger partial charge in [0.05, 0.1) is 23.5 Å². The molecule has 4 nitrogen and oxygen atoms in total. The van der Waals surface area contributed by atoms with E-state index in [1.807, 2.05) is 37.7 Å². The second-order valence-corrected chi connectivity index (χ2v) is 5.30. The molecule has 1 heterocycles. The maximum atomic E-state index is 8.94. The molecule has 1 unspecified atom stereocenters. The van der Waals surface area contributed by atoms with Gasteiger partial charge in [0.25, 0.3) is 0 Å². The monoisotopic (exact) mass is 276 g/mol. The van der Waals surface area contributed by atoms with E-state index in [1.165, 1.54) is 11.1 Å². The Morgan fingerprint density at radius 1 is 1.57 bits per heavy atom. The minimum atomic E-state index is 0.307. The van der Waals surface area contributed by atoms with E-state index in [0.717, 1.165) is 29.7 Å². The van der Waals surface area contributed by atoms with Crippen LogP contribution in [0.15, 0.2) is 42.2 Å². The summed E-state index contributed by atoms with van der Waals surface area (Å²) in [4.78, 5) is 4.49. The Kier molecular flexibility index (Phi) is 3.41. The molecule has 4 heteroatoms. The summed E-state index contributed by atoms with van der Waals surface area (Å²) in [6.45, 7) is 3.99. The van der Waals surface area contributed by atoms with E-state index < -0.39 is 0 Å². The summed E-state index contributed by atoms with van der Waals surface area (Å²) in [6, 6.07) is 8.10. The summed E-state index contributed by atoms with van der Waals surface area (Å²) in [7, 11) is 1.88. The number of benzene rings is 1. The lowest BCUT2D eigenvalue weighted by Gasteiger charge is -2.05. The fourth-order valence-electron chi connectivity index (χ4n) is 2.70. The SMILES string of the molecule is C=C(N=CC1CCc2cc(C#N)ccc21)c1cnn(C)c1. The summed E-state index contributed by atoms with van der Waals surface area (Å²) in [5, 5.41) is 13.1. The Hall–Kier alpha value is -2.67. The molecule has 3 rings (SSSR count). The average molecular weight is 276 g/mol. The molecule has 0 spiro atoms. The van der Waals surface area contributed by atoms with Crippen LogP contribution in [0.2, 0.25) is 0 Å². The first-order valence-electron chi connectivity index (χ1n) is 6.92. The largest absolute Gasteiger partial charge is 0.275 e. The Morgan fingerprint density at radius 2 is 2.43 bits per heavy atom. The Labute approximate surface area is 124 Å². The van der Waals surface area contributed by atoms with Crippen molar-refractivity contribution in [2.45, 2.75) is 18.8 Å². The molecule has 21 heavy (non-hydrogen) atoms. The van der Waals surface area contributed by atoms with Crippen molar-refractivity contribution in [1.29, 1.82) is 5.26 Å². The van der Waals surface area contributed by atoms with Gasteiger partial charge in [-0.05, 0) is 36.1 Å². The molecular weight excluding hydrogens is 260 g/mol. The van der Waals surface area contributed by atoms with E-state index in [2.05, 4.69) is 22.7 Å². The number of aliphatic imine (C=N–C) groups is 1. The summed E-state index contributed by atoms with van der Waals surface area (Å²) in [6.07, 6.45) is 7.67. The normalized spacial score (nSPS) is 16.9. The van der Waals surface area contributed by atoms with E-state index in [4.69, 9.17) is 5.26 Å². The molecule has 1 aromatic carbocycles. The van der Waals surface area contributed by atoms with Crippen LogP contribution in [-0.4, -0.2) is 16.0 Å². The highest BCUT2D eigenvalue weighted by molar-refractivity contribution is 5.78. The van der Waals surface area contributed by atoms with Gasteiger partial charge in [0.1, 0.15) is 0 Å². The number of aromatic nitrogens is 2. The molecule has 2 aromatic rings. The van der Waals surface area contributed by atoms with Gasteiger partial charge < -0.3 is 0 Å². The minimum Gasteiger partial charge on any atom is -0.275 e. The van der Waals surface area contributed by atoms with Crippen LogP contribution >= 0.6 is 0 Å². The molecular formula is C17H16N4. The van der Waals surface area contributed by atoms with Crippen LogP contribution < -0.4 is 0 Å². The van der Waals surface area contributed by atoms with Crippen molar-refractivity contribution >= 4 is 11.9 Å². The zero-order chi connectivity index (χ0) is 14.8. The van der Waals surface area contributed by atoms with E-state index in [1.54, 1.807) is 10.9 Å². The lowest BCUT2D eigenvalue weighted by atomic mass is 10.0. The van der Waals surface area contributed by atoms with E-state index in [9.17, 15) is 0 Å². The molecule has 1 aromatic heterocycles. The predicted molar refractivity (Wildman–Crippen MR) is 83.0 cm³/mol. The first kappa shape index (κ1) is 13.3. The lowest BCUT2D eigenvalue weighted by molar-refractivity contribution is 0.767. The molecule has 1 atom stereocenters. The molecule has 0 radical (unpaired) electrons. The topological polar surface area (TPSA) is 54.0 Å². The summed E-state index contributed by atoms with van der Waals surface area (Å²) >= 11 is 0. The predicted octanol–water partition coefficient (Wildman–Crippen LogP) is 3.06. The van der Waals surface area contributed by atoms with E-state index in [-0.39, 0.29) is 0 Å². The van der Waals surface area contributed by atoms with Gasteiger partial charge in [-0.1, -0.05) is 12.6 Å². The Morgan fingerprint density at radius 3 is 3.14 bits per heavy atom. The standard InChI is InChI=1S/C17H16N4/c1-12(16-10-20-21(2)11-16)19-9-15-5-4-14-7-13(8-18)3-6-17(14)15/h3,6-7,9-11,15H,1,4-5H2,2H3. The second kappa shape index (κ2) is 5.37. The third kappa shape index (κ3) is 2.63. The van der Waals surface area contributed by atoms with Crippen LogP contribution in [-0.2, 0) is 13.5 Å². The highest BCUT2D eigenvalue weighted by Gasteiger charge is 2.21. The summed E-state index contributed by atoms with van der Waals surface area (Å²) in [5.41, 5.74) is 4.93. The molecule has 0 N–H and O–H groups in total. The van der Waals surface area contributed by atoms with Crippen LogP contribution in [0.1, 0.15) is 34.6 Å². The van der Waals surface area contributed by atoms with E-state index >= 15 is 0 Å². The number of fused-ring (bicyclic) bond motifs is 1. The van der Waals surface area contributed by atoms with Crippen LogP contribution in [0.4, 0.5) is 0 Å². The van der Waals surface area contributed by atoms with Crippen molar-refractivity contribution in [2.75, 3.05) is 0 Å². The number of aryl methyl sites for hydroxylation is 2. The zero-order valence-electron chi connectivity index (χ0n) is 12.0. The highest BCUT2D eigenvalue weighted by atomic mass is 15.2. The molecule has 104 valence electrons. The van der Waals surface area contributed by atoms with Crippen LogP contribution in [0.25, 0.3) is 5.70 Å². The van der Waals surface area contributed by atoms with Crippen molar-refractivity contribution in [3.63, 3.8) is 0 Å². The second-order valence-electron chi connectivity index (χ2n) is 5.30. The maximum absolute atomic E-state index is 8.94. The fourth-order valence-corrected chi connectivity index (χ4v) is 2.70. The first-order valence-corrected chi connectivity index (χ1v) is 6.92. The van der Waals surface area contributed by atoms with Gasteiger partial charge in [0.2, 0.25) is 0 Å². The number of nitrogens with zero attached hydrogens (tertiary/aromatic N) is 4. The van der Waals surface area contributed by atoms with Gasteiger partial charge in [-0.25, -0.2) is 0 Å². The van der Waals surface area contributed by atoms with Gasteiger partial charge in [0.15, 0.2) is 0 Å². The fraction of sp³-hybridized carbons (Fsp3) is 0.235. The third-order valence-corrected chi connectivity index (χ3v) is 3.84. The average Bonchev–Trinajstić information content (AvgIpc) is 3.10. The zero-order valence-corrected chi connectivity index (χ0v) is 12.0. The minimum absolute atomic E-state index is 0.307. The van der Waals surface area contributed by atoms with Crippen LogP contribution in [0, 0.1) is 11.3 Å². The molecule has 0 bridgehead atoms. The van der Waals surface area contributed by atoms with Gasteiger partial charge in [0, 0.05) is 30.9 Å². The van der Waals surface area contributed by atoms with Crippen molar-refractivity contribution in [3.8, 4) is 6.07 Å². The van der Waals surface area contributed by atoms with E-state index in [0.29, 0.717) is 5.92 Å². The van der Waals surface area contributed by atoms with Gasteiger partial charge in [-0.2, -0.15) is 10.4 Å². The van der Waals surface area contributed by atoms with Gasteiger partial charge in [-0.3, -0.25) is 9.67 Å². The molecule has 0 saturated carbocycles. The molecule has 0 saturated heterocycles. The lowest BCUT2D eigenvalue weighted by Crippen LogP contribution is -1.95. The number of hydrogen-bond acceptors (Lipinski definition) is 3. The van der Waals surface area contributed by atoms with Crippen LogP contribution in [0.3, 0.4) is 0 Å². The number of rotatable bonds is 3. The highest BCUT2D eigenvalue weighted by Crippen LogP contribution is 2.32. The summed E-state index contributed by atoms with van der Waals surface area (Å²) in [5.74, 6) is 0.307. The molecule has 0 fully saturated rings. The third-order valence-electron chi connectivity index (χ3n) is 3.84. The summed E-state index contributed by atoms with van der Waals surface area (Å²) < 4.78 is 1.74.